The molecule has 2 nitrogen and oxygen atoms in total. The number of anilines is 1. The van der Waals surface area contributed by atoms with Crippen LogP contribution in [0.2, 0.25) is 0 Å². The second kappa shape index (κ2) is 3.29. The van der Waals surface area contributed by atoms with Crippen LogP contribution in [0.15, 0.2) is 18.2 Å². The molecule has 1 aromatic rings. The van der Waals surface area contributed by atoms with E-state index in [1.165, 1.54) is 12.8 Å². The minimum atomic E-state index is 0.377. The summed E-state index contributed by atoms with van der Waals surface area (Å²) < 4.78 is 0. The summed E-state index contributed by atoms with van der Waals surface area (Å²) in [4.78, 5) is 2.33. The van der Waals surface area contributed by atoms with Gasteiger partial charge in [-0.25, -0.2) is 0 Å². The van der Waals surface area contributed by atoms with Crippen LogP contribution < -0.4 is 4.90 Å². The summed E-state index contributed by atoms with van der Waals surface area (Å²) >= 11 is 0. The highest BCUT2D eigenvalue weighted by atomic mass is 16.3. The van der Waals surface area contributed by atoms with Gasteiger partial charge < -0.3 is 10.0 Å². The van der Waals surface area contributed by atoms with Crippen molar-refractivity contribution in [3.63, 3.8) is 0 Å². The maximum absolute atomic E-state index is 9.43. The fraction of sp³-hybridized carbons (Fsp3) is 0.455. The van der Waals surface area contributed by atoms with Crippen molar-refractivity contribution < 1.29 is 5.11 Å². The van der Waals surface area contributed by atoms with Gasteiger partial charge in [0.2, 0.25) is 0 Å². The summed E-state index contributed by atoms with van der Waals surface area (Å²) in [6, 6.07) is 5.77. The van der Waals surface area contributed by atoms with Gasteiger partial charge in [0.25, 0.3) is 0 Å². The number of phenols is 1. The molecule has 0 radical (unpaired) electrons. The van der Waals surface area contributed by atoms with E-state index in [0.717, 1.165) is 24.3 Å². The van der Waals surface area contributed by atoms with E-state index in [-0.39, 0.29) is 0 Å². The van der Waals surface area contributed by atoms with Crippen molar-refractivity contribution in [1.82, 2.24) is 0 Å². The van der Waals surface area contributed by atoms with Crippen LogP contribution in [0.3, 0.4) is 0 Å². The first-order valence-electron chi connectivity index (χ1n) is 4.81. The van der Waals surface area contributed by atoms with Crippen LogP contribution in [-0.4, -0.2) is 18.2 Å². The molecule has 0 unspecified atom stereocenters. The lowest BCUT2D eigenvalue weighted by Gasteiger charge is -2.18. The first-order chi connectivity index (χ1) is 6.25. The van der Waals surface area contributed by atoms with Crippen LogP contribution in [0.5, 0.6) is 5.75 Å². The minimum absolute atomic E-state index is 0.377. The number of aromatic hydroxyl groups is 1. The molecule has 1 aromatic carbocycles. The molecule has 0 bridgehead atoms. The monoisotopic (exact) mass is 177 g/mol. The van der Waals surface area contributed by atoms with E-state index in [1.807, 2.05) is 13.0 Å². The standard InChI is InChI=1S/C11H15NO/c1-9-6-10(8-11(13)7-9)12-4-2-3-5-12/h6-8,13H,2-5H2,1H3. The van der Waals surface area contributed by atoms with Crippen molar-refractivity contribution in [3.05, 3.63) is 23.8 Å². The summed E-state index contributed by atoms with van der Waals surface area (Å²) in [6.07, 6.45) is 2.55. The van der Waals surface area contributed by atoms with E-state index >= 15 is 0 Å². The predicted molar refractivity (Wildman–Crippen MR) is 54.3 cm³/mol. The number of benzene rings is 1. The van der Waals surface area contributed by atoms with Crippen LogP contribution in [0.4, 0.5) is 5.69 Å². The molecule has 70 valence electrons. The van der Waals surface area contributed by atoms with Crippen molar-refractivity contribution in [2.75, 3.05) is 18.0 Å². The van der Waals surface area contributed by atoms with Crippen molar-refractivity contribution in [1.29, 1.82) is 0 Å². The SMILES string of the molecule is Cc1cc(O)cc(N2CCCC2)c1. The maximum atomic E-state index is 9.43. The molecule has 0 amide bonds. The van der Waals surface area contributed by atoms with Gasteiger partial charge in [-0.15, -0.1) is 0 Å². The van der Waals surface area contributed by atoms with Gasteiger partial charge in [-0.3, -0.25) is 0 Å². The zero-order chi connectivity index (χ0) is 9.26. The largest absolute Gasteiger partial charge is 0.508 e. The van der Waals surface area contributed by atoms with Gasteiger partial charge in [0.05, 0.1) is 0 Å². The molecule has 1 saturated heterocycles. The van der Waals surface area contributed by atoms with Crippen molar-refractivity contribution >= 4 is 5.69 Å². The molecule has 1 N–H and O–H groups in total. The lowest BCUT2D eigenvalue weighted by Crippen LogP contribution is -2.17. The van der Waals surface area contributed by atoms with Crippen LogP contribution in [0.25, 0.3) is 0 Å². The highest BCUT2D eigenvalue weighted by Crippen LogP contribution is 2.25. The van der Waals surface area contributed by atoms with Gasteiger partial charge in [0.15, 0.2) is 0 Å². The third-order valence-electron chi connectivity index (χ3n) is 2.52. The molecule has 1 aliphatic heterocycles. The van der Waals surface area contributed by atoms with Crippen LogP contribution in [0, 0.1) is 6.92 Å². The van der Waals surface area contributed by atoms with Crippen LogP contribution in [-0.2, 0) is 0 Å². The van der Waals surface area contributed by atoms with Crippen molar-refractivity contribution in [2.24, 2.45) is 0 Å². The lowest BCUT2D eigenvalue weighted by molar-refractivity contribution is 0.475. The third-order valence-corrected chi connectivity index (χ3v) is 2.52. The van der Waals surface area contributed by atoms with E-state index in [2.05, 4.69) is 11.0 Å². The molecule has 1 fully saturated rings. The molecular formula is C11H15NO. The highest BCUT2D eigenvalue weighted by molar-refractivity contribution is 5.53. The molecule has 2 heteroatoms. The summed E-state index contributed by atoms with van der Waals surface area (Å²) in [5, 5.41) is 9.43. The number of nitrogens with zero attached hydrogens (tertiary/aromatic N) is 1. The molecule has 0 aliphatic carbocycles. The normalized spacial score (nSPS) is 16.5. The Hall–Kier alpha value is -1.18. The molecule has 0 atom stereocenters. The molecule has 1 aliphatic rings. The Morgan fingerprint density at radius 1 is 1.15 bits per heavy atom. The Morgan fingerprint density at radius 2 is 1.85 bits per heavy atom. The average molecular weight is 177 g/mol. The second-order valence-corrected chi connectivity index (χ2v) is 3.72. The number of rotatable bonds is 1. The summed E-state index contributed by atoms with van der Waals surface area (Å²) in [6.45, 7) is 4.27. The van der Waals surface area contributed by atoms with Crippen molar-refractivity contribution in [3.8, 4) is 5.75 Å². The van der Waals surface area contributed by atoms with Crippen LogP contribution in [0.1, 0.15) is 18.4 Å². The van der Waals surface area contributed by atoms with E-state index < -0.39 is 0 Å². The topological polar surface area (TPSA) is 23.5 Å². The van der Waals surface area contributed by atoms with Crippen molar-refractivity contribution in [2.45, 2.75) is 19.8 Å². The zero-order valence-corrected chi connectivity index (χ0v) is 7.95. The van der Waals surface area contributed by atoms with Gasteiger partial charge in [0, 0.05) is 24.8 Å². The Kier molecular flexibility index (Phi) is 2.13. The van der Waals surface area contributed by atoms with Gasteiger partial charge in [-0.2, -0.15) is 0 Å². The first-order valence-corrected chi connectivity index (χ1v) is 4.81. The number of hydrogen-bond donors (Lipinski definition) is 1. The molecule has 13 heavy (non-hydrogen) atoms. The Bertz CT molecular complexity index is 283. The quantitative estimate of drug-likeness (QED) is 0.711. The second-order valence-electron chi connectivity index (χ2n) is 3.72. The van der Waals surface area contributed by atoms with E-state index in [0.29, 0.717) is 5.75 Å². The number of hydrogen-bond acceptors (Lipinski definition) is 2. The number of phenolic OH excluding ortho intramolecular Hbond substituents is 1. The van der Waals surface area contributed by atoms with E-state index in [1.54, 1.807) is 6.07 Å². The Balaban J connectivity index is 2.28. The van der Waals surface area contributed by atoms with Crippen LogP contribution >= 0.6 is 0 Å². The van der Waals surface area contributed by atoms with Gasteiger partial charge in [-0.05, 0) is 37.5 Å². The predicted octanol–water partition coefficient (Wildman–Crippen LogP) is 2.30. The molecule has 2 rings (SSSR count). The fourth-order valence-corrected chi connectivity index (χ4v) is 1.90. The third kappa shape index (κ3) is 1.77. The first kappa shape index (κ1) is 8.42. The Morgan fingerprint density at radius 3 is 2.46 bits per heavy atom. The average Bonchev–Trinajstić information content (AvgIpc) is 2.53. The Labute approximate surface area is 78.8 Å². The van der Waals surface area contributed by atoms with Gasteiger partial charge in [0.1, 0.15) is 5.75 Å². The molecular weight excluding hydrogens is 162 g/mol. The number of aryl methyl sites for hydroxylation is 1. The smallest absolute Gasteiger partial charge is 0.117 e. The fourth-order valence-electron chi connectivity index (χ4n) is 1.90. The maximum Gasteiger partial charge on any atom is 0.117 e. The molecule has 0 saturated carbocycles. The summed E-state index contributed by atoms with van der Waals surface area (Å²) in [5.74, 6) is 0.377. The molecule has 0 aromatic heterocycles. The van der Waals surface area contributed by atoms with E-state index in [4.69, 9.17) is 0 Å². The molecule has 1 heterocycles. The van der Waals surface area contributed by atoms with Gasteiger partial charge in [-0.1, -0.05) is 0 Å². The molecule has 0 spiro atoms. The van der Waals surface area contributed by atoms with Gasteiger partial charge >= 0.3 is 0 Å². The zero-order valence-electron chi connectivity index (χ0n) is 7.95. The van der Waals surface area contributed by atoms with E-state index in [9.17, 15) is 5.11 Å². The summed E-state index contributed by atoms with van der Waals surface area (Å²) in [5.41, 5.74) is 2.29. The summed E-state index contributed by atoms with van der Waals surface area (Å²) in [7, 11) is 0. The lowest BCUT2D eigenvalue weighted by atomic mass is 10.2. The highest BCUT2D eigenvalue weighted by Gasteiger charge is 2.12. The minimum Gasteiger partial charge on any atom is -0.508 e.